The molecule has 0 fully saturated rings. The van der Waals surface area contributed by atoms with Crippen LogP contribution in [0.5, 0.6) is 0 Å². The molecular weight excluding hydrogens is 236 g/mol. The molecule has 0 radical (unpaired) electrons. The van der Waals surface area contributed by atoms with E-state index in [4.69, 9.17) is 4.42 Å². The third kappa shape index (κ3) is 3.44. The van der Waals surface area contributed by atoms with Gasteiger partial charge in [-0.25, -0.2) is 4.79 Å². The van der Waals surface area contributed by atoms with E-state index in [0.717, 1.165) is 29.7 Å². The molecule has 98 valence electrons. The highest BCUT2D eigenvalue weighted by Gasteiger charge is 2.08. The Morgan fingerprint density at radius 1 is 1.16 bits per heavy atom. The van der Waals surface area contributed by atoms with Gasteiger partial charge in [0.05, 0.1) is 0 Å². The standard InChI is InChI=1S/C17H18O2/c1-3-7-15-13(2)12-17(18)19-16(15)11-10-14-8-5-4-6-9-14/h3-9,12H,10-11H2,1-2H3/b7-3+. The summed E-state index contributed by atoms with van der Waals surface area (Å²) in [5.74, 6) is 0.770. The molecule has 1 heterocycles. The molecule has 0 spiro atoms. The van der Waals surface area contributed by atoms with Crippen molar-refractivity contribution < 1.29 is 4.42 Å². The van der Waals surface area contributed by atoms with Crippen LogP contribution in [0.3, 0.4) is 0 Å². The van der Waals surface area contributed by atoms with Crippen molar-refractivity contribution in [2.75, 3.05) is 0 Å². The minimum absolute atomic E-state index is 0.270. The van der Waals surface area contributed by atoms with E-state index in [-0.39, 0.29) is 5.63 Å². The van der Waals surface area contributed by atoms with Gasteiger partial charge in [-0.05, 0) is 31.4 Å². The van der Waals surface area contributed by atoms with Gasteiger partial charge in [0, 0.05) is 18.1 Å². The van der Waals surface area contributed by atoms with Crippen LogP contribution in [-0.2, 0) is 12.8 Å². The average Bonchev–Trinajstić information content (AvgIpc) is 2.41. The second-order valence-electron chi connectivity index (χ2n) is 4.57. The zero-order valence-electron chi connectivity index (χ0n) is 11.3. The van der Waals surface area contributed by atoms with Gasteiger partial charge in [-0.1, -0.05) is 42.5 Å². The normalized spacial score (nSPS) is 11.1. The zero-order chi connectivity index (χ0) is 13.7. The highest BCUT2D eigenvalue weighted by molar-refractivity contribution is 5.54. The first-order chi connectivity index (χ1) is 9.20. The summed E-state index contributed by atoms with van der Waals surface area (Å²) >= 11 is 0. The van der Waals surface area contributed by atoms with Crippen molar-refractivity contribution in [2.24, 2.45) is 0 Å². The molecule has 1 aromatic heterocycles. The Hall–Kier alpha value is -2.09. The Kier molecular flexibility index (Phi) is 4.35. The minimum atomic E-state index is -0.270. The summed E-state index contributed by atoms with van der Waals surface area (Å²) in [7, 11) is 0. The molecule has 2 nitrogen and oxygen atoms in total. The van der Waals surface area contributed by atoms with Gasteiger partial charge in [-0.15, -0.1) is 0 Å². The molecule has 2 rings (SSSR count). The molecule has 19 heavy (non-hydrogen) atoms. The van der Waals surface area contributed by atoms with Crippen molar-refractivity contribution in [2.45, 2.75) is 26.7 Å². The molecule has 0 saturated heterocycles. The largest absolute Gasteiger partial charge is 0.427 e. The van der Waals surface area contributed by atoms with Crippen LogP contribution < -0.4 is 5.63 Å². The fourth-order valence-corrected chi connectivity index (χ4v) is 2.16. The maximum absolute atomic E-state index is 11.5. The van der Waals surface area contributed by atoms with E-state index in [1.807, 2.05) is 44.2 Å². The number of hydrogen-bond donors (Lipinski definition) is 0. The second kappa shape index (κ2) is 6.19. The molecule has 0 atom stereocenters. The highest BCUT2D eigenvalue weighted by atomic mass is 16.4. The highest BCUT2D eigenvalue weighted by Crippen LogP contribution is 2.16. The van der Waals surface area contributed by atoms with E-state index in [0.29, 0.717) is 0 Å². The fourth-order valence-electron chi connectivity index (χ4n) is 2.16. The number of hydrogen-bond acceptors (Lipinski definition) is 2. The predicted octanol–water partition coefficient (Wildman–Crippen LogP) is 3.77. The van der Waals surface area contributed by atoms with Crippen LogP contribution in [0.2, 0.25) is 0 Å². The molecule has 0 amide bonds. The zero-order valence-corrected chi connectivity index (χ0v) is 11.3. The lowest BCUT2D eigenvalue weighted by molar-refractivity contribution is 0.456. The molecule has 0 N–H and O–H groups in total. The molecule has 2 aromatic rings. The van der Waals surface area contributed by atoms with E-state index in [9.17, 15) is 4.79 Å². The topological polar surface area (TPSA) is 30.2 Å². The van der Waals surface area contributed by atoms with Crippen molar-refractivity contribution in [1.29, 1.82) is 0 Å². The van der Waals surface area contributed by atoms with Crippen LogP contribution >= 0.6 is 0 Å². The van der Waals surface area contributed by atoms with Gasteiger partial charge in [0.25, 0.3) is 0 Å². The summed E-state index contributed by atoms with van der Waals surface area (Å²) in [5, 5.41) is 0. The minimum Gasteiger partial charge on any atom is -0.427 e. The first-order valence-electron chi connectivity index (χ1n) is 6.51. The van der Waals surface area contributed by atoms with Gasteiger partial charge in [0.15, 0.2) is 0 Å². The summed E-state index contributed by atoms with van der Waals surface area (Å²) in [4.78, 5) is 11.5. The van der Waals surface area contributed by atoms with Crippen molar-refractivity contribution in [3.05, 3.63) is 75.3 Å². The molecule has 0 unspecified atom stereocenters. The Balaban J connectivity index is 2.26. The van der Waals surface area contributed by atoms with E-state index in [1.54, 1.807) is 6.07 Å². The van der Waals surface area contributed by atoms with Crippen molar-refractivity contribution >= 4 is 6.08 Å². The van der Waals surface area contributed by atoms with Crippen LogP contribution in [0.25, 0.3) is 6.08 Å². The first-order valence-corrected chi connectivity index (χ1v) is 6.51. The Morgan fingerprint density at radius 2 is 1.89 bits per heavy atom. The number of benzene rings is 1. The van der Waals surface area contributed by atoms with Gasteiger partial charge >= 0.3 is 5.63 Å². The lowest BCUT2D eigenvalue weighted by Crippen LogP contribution is -2.05. The molecule has 2 heteroatoms. The van der Waals surface area contributed by atoms with Crippen LogP contribution in [0.15, 0.2) is 51.7 Å². The smallest absolute Gasteiger partial charge is 0.336 e. The lowest BCUT2D eigenvalue weighted by atomic mass is 10.0. The Labute approximate surface area is 113 Å². The maximum atomic E-state index is 11.5. The average molecular weight is 254 g/mol. The van der Waals surface area contributed by atoms with E-state index in [2.05, 4.69) is 12.1 Å². The molecule has 0 bridgehead atoms. The summed E-state index contributed by atoms with van der Waals surface area (Å²) in [6, 6.07) is 11.8. The van der Waals surface area contributed by atoms with Crippen molar-refractivity contribution in [3.63, 3.8) is 0 Å². The maximum Gasteiger partial charge on any atom is 0.336 e. The predicted molar refractivity (Wildman–Crippen MR) is 78.3 cm³/mol. The second-order valence-corrected chi connectivity index (χ2v) is 4.57. The number of aryl methyl sites for hydroxylation is 3. The Morgan fingerprint density at radius 3 is 2.58 bits per heavy atom. The molecule has 0 aliphatic heterocycles. The summed E-state index contributed by atoms with van der Waals surface area (Å²) in [5.41, 5.74) is 2.97. The van der Waals surface area contributed by atoms with Crippen LogP contribution in [0, 0.1) is 6.92 Å². The van der Waals surface area contributed by atoms with Crippen LogP contribution in [0.4, 0.5) is 0 Å². The fraction of sp³-hybridized carbons (Fsp3) is 0.235. The lowest BCUT2D eigenvalue weighted by Gasteiger charge is -2.07. The summed E-state index contributed by atoms with van der Waals surface area (Å²) < 4.78 is 5.36. The summed E-state index contributed by atoms with van der Waals surface area (Å²) in [6.45, 7) is 3.91. The third-order valence-electron chi connectivity index (χ3n) is 3.10. The number of rotatable bonds is 4. The van der Waals surface area contributed by atoms with E-state index < -0.39 is 0 Å². The molecule has 1 aromatic carbocycles. The van der Waals surface area contributed by atoms with Crippen molar-refractivity contribution in [3.8, 4) is 0 Å². The van der Waals surface area contributed by atoms with Gasteiger partial charge < -0.3 is 4.42 Å². The molecule has 0 saturated carbocycles. The van der Waals surface area contributed by atoms with Crippen LogP contribution in [0.1, 0.15) is 29.4 Å². The van der Waals surface area contributed by atoms with Gasteiger partial charge in [-0.2, -0.15) is 0 Å². The SMILES string of the molecule is C/C=C/c1c(C)cc(=O)oc1CCc1ccccc1. The molecular formula is C17H18O2. The van der Waals surface area contributed by atoms with E-state index >= 15 is 0 Å². The number of allylic oxidation sites excluding steroid dienone is 1. The monoisotopic (exact) mass is 254 g/mol. The van der Waals surface area contributed by atoms with Gasteiger partial charge in [0.2, 0.25) is 0 Å². The third-order valence-corrected chi connectivity index (χ3v) is 3.10. The van der Waals surface area contributed by atoms with Gasteiger partial charge in [-0.3, -0.25) is 0 Å². The molecule has 0 aliphatic rings. The van der Waals surface area contributed by atoms with Gasteiger partial charge in [0.1, 0.15) is 5.76 Å². The Bertz CT molecular complexity index is 621. The first kappa shape index (κ1) is 13.3. The quantitative estimate of drug-likeness (QED) is 0.831. The van der Waals surface area contributed by atoms with Crippen LogP contribution in [-0.4, -0.2) is 0 Å². The van der Waals surface area contributed by atoms with E-state index in [1.165, 1.54) is 5.56 Å². The molecule has 0 aliphatic carbocycles. The van der Waals surface area contributed by atoms with Crippen molar-refractivity contribution in [1.82, 2.24) is 0 Å². The summed E-state index contributed by atoms with van der Waals surface area (Å²) in [6.07, 6.45) is 5.57.